The van der Waals surface area contributed by atoms with E-state index >= 15 is 0 Å². The summed E-state index contributed by atoms with van der Waals surface area (Å²) in [4.78, 5) is 4.52. The van der Waals surface area contributed by atoms with E-state index in [0.29, 0.717) is 5.92 Å². The van der Waals surface area contributed by atoms with E-state index in [4.69, 9.17) is 11.6 Å². The van der Waals surface area contributed by atoms with Gasteiger partial charge in [-0.25, -0.2) is 4.98 Å². The fourth-order valence-electron chi connectivity index (χ4n) is 1.91. The molecule has 0 bridgehead atoms. The van der Waals surface area contributed by atoms with Crippen molar-refractivity contribution in [1.82, 2.24) is 9.55 Å². The first kappa shape index (κ1) is 13.9. The number of hydrogen-bond acceptors (Lipinski definition) is 2. The molecule has 2 rings (SSSR count). The van der Waals surface area contributed by atoms with Crippen molar-refractivity contribution in [2.75, 3.05) is 11.9 Å². The molecule has 0 unspecified atom stereocenters. The molecule has 0 atom stereocenters. The summed E-state index contributed by atoms with van der Waals surface area (Å²) < 4.78 is 2.01. The average Bonchev–Trinajstić information content (AvgIpc) is 2.67. The van der Waals surface area contributed by atoms with Gasteiger partial charge in [0, 0.05) is 12.7 Å². The third kappa shape index (κ3) is 3.29. The minimum Gasteiger partial charge on any atom is -0.355 e. The second kappa shape index (κ2) is 5.66. The lowest BCUT2D eigenvalue weighted by Crippen LogP contribution is -2.12. The molecule has 102 valence electrons. The molecule has 0 amide bonds. The number of aromatic nitrogens is 2. The monoisotopic (exact) mass is 277 g/mol. The minimum absolute atomic E-state index is 0.568. The summed E-state index contributed by atoms with van der Waals surface area (Å²) in [5.41, 5.74) is 3.09. The Hall–Kier alpha value is -1.48. The van der Waals surface area contributed by atoms with Crippen molar-refractivity contribution >= 4 is 17.5 Å². The molecule has 1 aromatic carbocycles. The molecule has 0 saturated heterocycles. The number of hydrogen-bond donors (Lipinski definition) is 1. The molecule has 3 nitrogen and oxygen atoms in total. The highest BCUT2D eigenvalue weighted by Crippen LogP contribution is 2.25. The van der Waals surface area contributed by atoms with Crippen LogP contribution < -0.4 is 5.32 Å². The SMILES string of the molecule is Cc1ccc(-n2cc(C)nc2NCC(C)C)c(Cl)c1. The number of nitrogens with one attached hydrogen (secondary N) is 1. The second-order valence-corrected chi connectivity index (χ2v) is 5.71. The average molecular weight is 278 g/mol. The molecule has 0 saturated carbocycles. The van der Waals surface area contributed by atoms with Crippen molar-refractivity contribution in [3.8, 4) is 5.69 Å². The Bertz CT molecular complexity index is 573. The molecule has 0 aliphatic carbocycles. The van der Waals surface area contributed by atoms with Crippen molar-refractivity contribution in [2.45, 2.75) is 27.7 Å². The van der Waals surface area contributed by atoms with Gasteiger partial charge in [0.05, 0.1) is 16.4 Å². The van der Waals surface area contributed by atoms with Gasteiger partial charge in [0.25, 0.3) is 0 Å². The van der Waals surface area contributed by atoms with Crippen molar-refractivity contribution in [2.24, 2.45) is 5.92 Å². The Morgan fingerprint density at radius 2 is 2.05 bits per heavy atom. The molecule has 0 radical (unpaired) electrons. The predicted molar refractivity (Wildman–Crippen MR) is 81.4 cm³/mol. The van der Waals surface area contributed by atoms with Crippen LogP contribution in [0, 0.1) is 19.8 Å². The summed E-state index contributed by atoms with van der Waals surface area (Å²) >= 11 is 6.33. The normalized spacial score (nSPS) is 11.1. The standard InChI is InChI=1S/C15H20ClN3/c1-10(2)8-17-15-18-12(4)9-19(15)14-6-5-11(3)7-13(14)16/h5-7,9-10H,8H2,1-4H3,(H,17,18). The van der Waals surface area contributed by atoms with Gasteiger partial charge >= 0.3 is 0 Å². The van der Waals surface area contributed by atoms with Gasteiger partial charge in [-0.3, -0.25) is 4.57 Å². The van der Waals surface area contributed by atoms with E-state index in [1.54, 1.807) is 0 Å². The van der Waals surface area contributed by atoms with Gasteiger partial charge in [0.15, 0.2) is 0 Å². The van der Waals surface area contributed by atoms with E-state index in [2.05, 4.69) is 30.2 Å². The van der Waals surface area contributed by atoms with Gasteiger partial charge in [0.2, 0.25) is 5.95 Å². The molecule has 0 aliphatic rings. The maximum absolute atomic E-state index is 6.33. The van der Waals surface area contributed by atoms with Crippen molar-refractivity contribution in [3.05, 3.63) is 40.7 Å². The molecule has 1 heterocycles. The van der Waals surface area contributed by atoms with Crippen LogP contribution in [0.2, 0.25) is 5.02 Å². The van der Waals surface area contributed by atoms with Gasteiger partial charge in [-0.15, -0.1) is 0 Å². The number of imidazole rings is 1. The van der Waals surface area contributed by atoms with Crippen molar-refractivity contribution in [3.63, 3.8) is 0 Å². The van der Waals surface area contributed by atoms with Crippen molar-refractivity contribution < 1.29 is 0 Å². The van der Waals surface area contributed by atoms with Gasteiger partial charge in [0.1, 0.15) is 0 Å². The summed E-state index contributed by atoms with van der Waals surface area (Å²) in [7, 11) is 0. The molecule has 4 heteroatoms. The molecule has 0 spiro atoms. The highest BCUT2D eigenvalue weighted by molar-refractivity contribution is 6.32. The predicted octanol–water partition coefficient (Wildman–Crippen LogP) is 4.21. The van der Waals surface area contributed by atoms with Crippen LogP contribution in [0.25, 0.3) is 5.69 Å². The van der Waals surface area contributed by atoms with Gasteiger partial charge in [-0.05, 0) is 37.5 Å². The topological polar surface area (TPSA) is 29.9 Å². The van der Waals surface area contributed by atoms with Crippen LogP contribution in [0.15, 0.2) is 24.4 Å². The van der Waals surface area contributed by atoms with Crippen LogP contribution >= 0.6 is 11.6 Å². The Labute approximate surface area is 119 Å². The summed E-state index contributed by atoms with van der Waals surface area (Å²) in [5.74, 6) is 1.41. The first-order valence-electron chi connectivity index (χ1n) is 6.53. The van der Waals surface area contributed by atoms with E-state index in [-0.39, 0.29) is 0 Å². The van der Waals surface area contributed by atoms with Crippen LogP contribution in [-0.2, 0) is 0 Å². The molecular weight excluding hydrogens is 258 g/mol. The van der Waals surface area contributed by atoms with E-state index in [1.807, 2.05) is 36.7 Å². The lowest BCUT2D eigenvalue weighted by atomic mass is 10.2. The molecule has 19 heavy (non-hydrogen) atoms. The maximum Gasteiger partial charge on any atom is 0.207 e. The molecule has 1 N–H and O–H groups in total. The lowest BCUT2D eigenvalue weighted by Gasteiger charge is -2.12. The lowest BCUT2D eigenvalue weighted by molar-refractivity contribution is 0.683. The summed E-state index contributed by atoms with van der Waals surface area (Å²) in [6.45, 7) is 9.25. The zero-order valence-electron chi connectivity index (χ0n) is 11.9. The Balaban J connectivity index is 2.38. The Morgan fingerprint density at radius 1 is 1.32 bits per heavy atom. The zero-order chi connectivity index (χ0) is 14.0. The quantitative estimate of drug-likeness (QED) is 0.907. The number of nitrogens with zero attached hydrogens (tertiary/aromatic N) is 2. The first-order valence-corrected chi connectivity index (χ1v) is 6.91. The Kier molecular flexibility index (Phi) is 4.15. The molecule has 1 aromatic heterocycles. The summed E-state index contributed by atoms with van der Waals surface area (Å²) in [6, 6.07) is 6.06. The second-order valence-electron chi connectivity index (χ2n) is 5.31. The van der Waals surface area contributed by atoms with Gasteiger partial charge < -0.3 is 5.32 Å². The number of aryl methyl sites for hydroxylation is 2. The van der Waals surface area contributed by atoms with E-state index < -0.39 is 0 Å². The summed E-state index contributed by atoms with van der Waals surface area (Å²) in [5, 5.41) is 4.11. The fourth-order valence-corrected chi connectivity index (χ4v) is 2.23. The van der Waals surface area contributed by atoms with Crippen molar-refractivity contribution in [1.29, 1.82) is 0 Å². The van der Waals surface area contributed by atoms with Crippen LogP contribution in [-0.4, -0.2) is 16.1 Å². The first-order chi connectivity index (χ1) is 8.97. The Morgan fingerprint density at radius 3 is 2.68 bits per heavy atom. The van der Waals surface area contributed by atoms with Gasteiger partial charge in [-0.2, -0.15) is 0 Å². The number of rotatable bonds is 4. The fraction of sp³-hybridized carbons (Fsp3) is 0.400. The van der Waals surface area contributed by atoms with E-state index in [1.165, 1.54) is 0 Å². The van der Waals surface area contributed by atoms with Gasteiger partial charge in [-0.1, -0.05) is 31.5 Å². The number of benzene rings is 1. The van der Waals surface area contributed by atoms with Crippen LogP contribution in [0.1, 0.15) is 25.1 Å². The van der Waals surface area contributed by atoms with E-state index in [0.717, 1.165) is 34.5 Å². The third-order valence-electron chi connectivity index (χ3n) is 2.86. The molecule has 2 aromatic rings. The molecule has 0 fully saturated rings. The summed E-state index contributed by atoms with van der Waals surface area (Å²) in [6.07, 6.45) is 2.00. The van der Waals surface area contributed by atoms with E-state index in [9.17, 15) is 0 Å². The van der Waals surface area contributed by atoms with Crippen LogP contribution in [0.4, 0.5) is 5.95 Å². The zero-order valence-corrected chi connectivity index (χ0v) is 12.6. The highest BCUT2D eigenvalue weighted by Gasteiger charge is 2.10. The molecular formula is C15H20ClN3. The smallest absolute Gasteiger partial charge is 0.207 e. The number of anilines is 1. The maximum atomic E-state index is 6.33. The van der Waals surface area contributed by atoms with Crippen LogP contribution in [0.5, 0.6) is 0 Å². The minimum atomic E-state index is 0.568. The highest BCUT2D eigenvalue weighted by atomic mass is 35.5. The third-order valence-corrected chi connectivity index (χ3v) is 3.16. The number of halogens is 1. The van der Waals surface area contributed by atoms with Crippen LogP contribution in [0.3, 0.4) is 0 Å². The molecule has 0 aliphatic heterocycles. The largest absolute Gasteiger partial charge is 0.355 e.